The molecule has 0 spiro atoms. The molecule has 0 unspecified atom stereocenters. The minimum Gasteiger partial charge on any atom is -0.349 e. The zero-order valence-electron chi connectivity index (χ0n) is 13.1. The van der Waals surface area contributed by atoms with Crippen LogP contribution in [0, 0.1) is 17.4 Å². The molecule has 3 rings (SSSR count). The number of carbonyl (C=O) groups excluding carboxylic acids is 2. The number of rotatable bonds is 3. The molecule has 0 bridgehead atoms. The molecule has 2 amide bonds. The van der Waals surface area contributed by atoms with Crippen molar-refractivity contribution in [2.45, 2.75) is 13.8 Å². The van der Waals surface area contributed by atoms with Gasteiger partial charge in [-0.3, -0.25) is 9.59 Å². The van der Waals surface area contributed by atoms with E-state index >= 15 is 0 Å². The molecular formula is C18H14ClIN2O2. The standard InChI is InChI=1S/C18H14ClIN2O2/c1-10-5-3-4-6-13(10)21-16-15(19)17(23)22(18(16)24)14-8-7-12(20)9-11(14)2/h3-9,21H,1-2H3. The summed E-state index contributed by atoms with van der Waals surface area (Å²) >= 11 is 8.34. The Bertz CT molecular complexity index is 892. The third kappa shape index (κ3) is 2.93. The van der Waals surface area contributed by atoms with Crippen LogP contribution >= 0.6 is 34.2 Å². The van der Waals surface area contributed by atoms with Gasteiger partial charge in [0, 0.05) is 9.26 Å². The van der Waals surface area contributed by atoms with Crippen LogP contribution in [0.3, 0.4) is 0 Å². The number of imide groups is 1. The van der Waals surface area contributed by atoms with Gasteiger partial charge in [-0.15, -0.1) is 0 Å². The van der Waals surface area contributed by atoms with Gasteiger partial charge in [0.05, 0.1) is 5.69 Å². The maximum absolute atomic E-state index is 12.8. The maximum atomic E-state index is 12.8. The molecule has 0 saturated carbocycles. The maximum Gasteiger partial charge on any atom is 0.283 e. The highest BCUT2D eigenvalue weighted by molar-refractivity contribution is 14.1. The first-order chi connectivity index (χ1) is 11.4. The van der Waals surface area contributed by atoms with E-state index in [4.69, 9.17) is 11.6 Å². The zero-order valence-corrected chi connectivity index (χ0v) is 16.0. The minimum atomic E-state index is -0.512. The van der Waals surface area contributed by atoms with Crippen LogP contribution in [0.2, 0.25) is 0 Å². The normalized spacial score (nSPS) is 14.6. The first kappa shape index (κ1) is 17.0. The van der Waals surface area contributed by atoms with Gasteiger partial charge in [-0.2, -0.15) is 0 Å². The summed E-state index contributed by atoms with van der Waals surface area (Å²) in [5.74, 6) is -0.959. The topological polar surface area (TPSA) is 49.4 Å². The monoisotopic (exact) mass is 452 g/mol. The van der Waals surface area contributed by atoms with E-state index in [0.29, 0.717) is 5.69 Å². The molecule has 0 atom stereocenters. The van der Waals surface area contributed by atoms with Crippen LogP contribution in [0.5, 0.6) is 0 Å². The minimum absolute atomic E-state index is 0.0961. The number of anilines is 2. The number of hydrogen-bond donors (Lipinski definition) is 1. The molecule has 0 saturated heterocycles. The van der Waals surface area contributed by atoms with Crippen molar-refractivity contribution in [2.24, 2.45) is 0 Å². The highest BCUT2D eigenvalue weighted by Gasteiger charge is 2.39. The molecule has 6 heteroatoms. The van der Waals surface area contributed by atoms with Crippen molar-refractivity contribution in [1.82, 2.24) is 0 Å². The quantitative estimate of drug-likeness (QED) is 0.557. The van der Waals surface area contributed by atoms with Crippen molar-refractivity contribution in [2.75, 3.05) is 10.2 Å². The zero-order chi connectivity index (χ0) is 17.4. The Morgan fingerprint density at radius 3 is 2.38 bits per heavy atom. The van der Waals surface area contributed by atoms with E-state index in [1.807, 2.05) is 50.2 Å². The predicted octanol–water partition coefficient (Wildman–Crippen LogP) is 4.34. The van der Waals surface area contributed by atoms with Crippen LogP contribution < -0.4 is 10.2 Å². The molecule has 2 aromatic carbocycles. The molecule has 4 nitrogen and oxygen atoms in total. The summed E-state index contributed by atoms with van der Waals surface area (Å²) in [6, 6.07) is 13.0. The molecule has 0 aromatic heterocycles. The lowest BCUT2D eigenvalue weighted by atomic mass is 10.2. The van der Waals surface area contributed by atoms with Gasteiger partial charge in [-0.25, -0.2) is 4.90 Å². The van der Waals surface area contributed by atoms with E-state index in [9.17, 15) is 9.59 Å². The smallest absolute Gasteiger partial charge is 0.283 e. The van der Waals surface area contributed by atoms with Gasteiger partial charge < -0.3 is 5.32 Å². The van der Waals surface area contributed by atoms with Gasteiger partial charge in [-0.1, -0.05) is 29.8 Å². The molecule has 122 valence electrons. The molecule has 0 radical (unpaired) electrons. The van der Waals surface area contributed by atoms with E-state index < -0.39 is 11.8 Å². The summed E-state index contributed by atoms with van der Waals surface area (Å²) in [6.45, 7) is 3.78. The average molecular weight is 453 g/mol. The summed E-state index contributed by atoms with van der Waals surface area (Å²) in [5.41, 5.74) is 3.19. The summed E-state index contributed by atoms with van der Waals surface area (Å²) in [6.07, 6.45) is 0. The Balaban J connectivity index is 1.97. The molecule has 1 heterocycles. The summed E-state index contributed by atoms with van der Waals surface area (Å²) in [7, 11) is 0. The predicted molar refractivity (Wildman–Crippen MR) is 104 cm³/mol. The Morgan fingerprint density at radius 1 is 1.00 bits per heavy atom. The van der Waals surface area contributed by atoms with Gasteiger partial charge in [0.2, 0.25) is 0 Å². The number of carbonyl (C=O) groups is 2. The number of aryl methyl sites for hydroxylation is 2. The lowest BCUT2D eigenvalue weighted by molar-refractivity contribution is -0.120. The number of para-hydroxylation sites is 1. The molecule has 2 aromatic rings. The lowest BCUT2D eigenvalue weighted by Crippen LogP contribution is -2.32. The van der Waals surface area contributed by atoms with Crippen molar-refractivity contribution in [3.05, 3.63) is 67.9 Å². The average Bonchev–Trinajstić information content (AvgIpc) is 2.74. The van der Waals surface area contributed by atoms with Crippen molar-refractivity contribution in [1.29, 1.82) is 0 Å². The largest absolute Gasteiger partial charge is 0.349 e. The van der Waals surface area contributed by atoms with Gasteiger partial charge in [0.25, 0.3) is 11.8 Å². The van der Waals surface area contributed by atoms with E-state index in [2.05, 4.69) is 27.9 Å². The number of amides is 2. The van der Waals surface area contributed by atoms with Crippen molar-refractivity contribution in [3.8, 4) is 0 Å². The Kier molecular flexibility index (Phi) is 4.64. The van der Waals surface area contributed by atoms with Crippen LogP contribution in [0.4, 0.5) is 11.4 Å². The fraction of sp³-hybridized carbons (Fsp3) is 0.111. The van der Waals surface area contributed by atoms with Crippen LogP contribution in [0.1, 0.15) is 11.1 Å². The van der Waals surface area contributed by atoms with Crippen molar-refractivity contribution >= 4 is 57.4 Å². The van der Waals surface area contributed by atoms with E-state index in [1.165, 1.54) is 0 Å². The highest BCUT2D eigenvalue weighted by atomic mass is 127. The summed E-state index contributed by atoms with van der Waals surface area (Å²) in [5, 5.41) is 2.91. The molecule has 1 aliphatic rings. The second-order valence-corrected chi connectivity index (χ2v) is 7.13. The Hall–Kier alpha value is -1.86. The van der Waals surface area contributed by atoms with Gasteiger partial charge in [0.15, 0.2) is 0 Å². The third-order valence-electron chi connectivity index (χ3n) is 3.83. The van der Waals surface area contributed by atoms with Crippen LogP contribution in [-0.4, -0.2) is 11.8 Å². The van der Waals surface area contributed by atoms with E-state index in [1.54, 1.807) is 6.07 Å². The Morgan fingerprint density at radius 2 is 1.71 bits per heavy atom. The van der Waals surface area contributed by atoms with Gasteiger partial charge in [-0.05, 0) is 71.8 Å². The second-order valence-electron chi connectivity index (χ2n) is 5.51. The summed E-state index contributed by atoms with van der Waals surface area (Å²) in [4.78, 5) is 26.4. The number of nitrogens with zero attached hydrogens (tertiary/aromatic N) is 1. The van der Waals surface area contributed by atoms with Crippen molar-refractivity contribution in [3.63, 3.8) is 0 Å². The lowest BCUT2D eigenvalue weighted by Gasteiger charge is -2.18. The number of halogens is 2. The van der Waals surface area contributed by atoms with Gasteiger partial charge in [0.1, 0.15) is 10.7 Å². The summed E-state index contributed by atoms with van der Waals surface area (Å²) < 4.78 is 1.03. The second kappa shape index (κ2) is 6.57. The first-order valence-electron chi connectivity index (χ1n) is 7.27. The number of benzene rings is 2. The third-order valence-corrected chi connectivity index (χ3v) is 4.85. The first-order valence-corrected chi connectivity index (χ1v) is 8.73. The molecule has 24 heavy (non-hydrogen) atoms. The van der Waals surface area contributed by atoms with Crippen LogP contribution in [-0.2, 0) is 9.59 Å². The SMILES string of the molecule is Cc1ccccc1NC1=C(Cl)C(=O)N(c2ccc(I)cc2C)C1=O. The highest BCUT2D eigenvalue weighted by Crippen LogP contribution is 2.32. The fourth-order valence-corrected chi connectivity index (χ4v) is 3.41. The van der Waals surface area contributed by atoms with Crippen LogP contribution in [0.25, 0.3) is 0 Å². The molecule has 0 fully saturated rings. The van der Waals surface area contributed by atoms with Gasteiger partial charge >= 0.3 is 0 Å². The molecule has 1 aliphatic heterocycles. The molecular weight excluding hydrogens is 439 g/mol. The van der Waals surface area contributed by atoms with E-state index in [0.717, 1.165) is 25.3 Å². The molecule has 1 N–H and O–H groups in total. The Labute approximate surface area is 158 Å². The van der Waals surface area contributed by atoms with E-state index in [-0.39, 0.29) is 10.7 Å². The number of nitrogens with one attached hydrogen (secondary N) is 1. The molecule has 0 aliphatic carbocycles. The fourth-order valence-electron chi connectivity index (χ4n) is 2.55. The number of hydrogen-bond acceptors (Lipinski definition) is 3. The van der Waals surface area contributed by atoms with Crippen molar-refractivity contribution < 1.29 is 9.59 Å². The van der Waals surface area contributed by atoms with Crippen LogP contribution in [0.15, 0.2) is 53.2 Å².